The number of rotatable bonds is 8. The quantitative estimate of drug-likeness (QED) is 0.321. The highest BCUT2D eigenvalue weighted by molar-refractivity contribution is 5.32. The summed E-state index contributed by atoms with van der Waals surface area (Å²) in [5.41, 5.74) is 9.45. The molecule has 2 aromatic carbocycles. The van der Waals surface area contributed by atoms with Crippen LogP contribution in [-0.2, 0) is 17.8 Å². The fourth-order valence-electron chi connectivity index (χ4n) is 3.79. The summed E-state index contributed by atoms with van der Waals surface area (Å²) in [7, 11) is 0. The zero-order valence-corrected chi connectivity index (χ0v) is 17.8. The van der Waals surface area contributed by atoms with Gasteiger partial charge in [-0.05, 0) is 41.3 Å². The summed E-state index contributed by atoms with van der Waals surface area (Å²) in [6.45, 7) is 0.244. The predicted octanol–water partition coefficient (Wildman–Crippen LogP) is 2.92. The topological polar surface area (TPSA) is 131 Å². The maximum Gasteiger partial charge on any atom is 0.428 e. The molecule has 33 heavy (non-hydrogen) atoms. The van der Waals surface area contributed by atoms with Crippen LogP contribution in [0.4, 0.5) is 0 Å². The minimum Gasteiger partial charge on any atom is -0.489 e. The molecule has 4 rings (SSSR count). The first kappa shape index (κ1) is 22.3. The average molecular weight is 449 g/mol. The van der Waals surface area contributed by atoms with E-state index in [4.69, 9.17) is 15.0 Å². The number of ether oxygens (including phenoxy) is 2. The van der Waals surface area contributed by atoms with Crippen molar-refractivity contribution in [2.24, 2.45) is 5.22 Å². The maximum atomic E-state index is 12.8. The monoisotopic (exact) mass is 449 g/mol. The number of benzene rings is 2. The van der Waals surface area contributed by atoms with Crippen molar-refractivity contribution in [3.63, 3.8) is 0 Å². The van der Waals surface area contributed by atoms with Gasteiger partial charge in [0.15, 0.2) is 0 Å². The van der Waals surface area contributed by atoms with E-state index in [1.54, 1.807) is 0 Å². The van der Waals surface area contributed by atoms with Crippen molar-refractivity contribution in [3.8, 4) is 5.75 Å². The second kappa shape index (κ2) is 10.2. The molecule has 1 aliphatic rings. The highest BCUT2D eigenvalue weighted by atomic mass is 16.5. The molecule has 0 unspecified atom stereocenters. The SMILES string of the molecule is [N-]=[N+]=Nn1c(=O)c(Cc2cccc(OCc3ccccc3)c2)cn([C@H]2CC[C@@H](CO)O2)c1=O. The number of hydrogen-bond acceptors (Lipinski definition) is 6. The predicted molar refractivity (Wildman–Crippen MR) is 120 cm³/mol. The molecule has 10 nitrogen and oxygen atoms in total. The highest BCUT2D eigenvalue weighted by Gasteiger charge is 2.29. The minimum absolute atomic E-state index is 0.163. The number of aromatic nitrogens is 2. The fraction of sp³-hybridized carbons (Fsp3) is 0.304. The lowest BCUT2D eigenvalue weighted by molar-refractivity contribution is -0.0252. The van der Waals surface area contributed by atoms with Crippen LogP contribution in [0.25, 0.3) is 10.4 Å². The molecule has 1 saturated heterocycles. The van der Waals surface area contributed by atoms with Gasteiger partial charge in [-0.2, -0.15) is 4.91 Å². The van der Waals surface area contributed by atoms with Crippen LogP contribution in [0.2, 0.25) is 0 Å². The minimum atomic E-state index is -0.787. The van der Waals surface area contributed by atoms with E-state index in [0.717, 1.165) is 11.1 Å². The van der Waals surface area contributed by atoms with Gasteiger partial charge in [0.2, 0.25) is 0 Å². The normalized spacial score (nSPS) is 17.5. The molecule has 10 heteroatoms. The first-order valence-corrected chi connectivity index (χ1v) is 10.5. The van der Waals surface area contributed by atoms with Gasteiger partial charge >= 0.3 is 11.2 Å². The largest absolute Gasteiger partial charge is 0.489 e. The summed E-state index contributed by atoms with van der Waals surface area (Å²) in [6.07, 6.45) is 1.65. The smallest absolute Gasteiger partial charge is 0.428 e. The number of aliphatic hydroxyl groups excluding tert-OH is 1. The van der Waals surface area contributed by atoms with Crippen molar-refractivity contribution >= 4 is 0 Å². The van der Waals surface area contributed by atoms with E-state index in [9.17, 15) is 14.7 Å². The van der Waals surface area contributed by atoms with Crippen molar-refractivity contribution in [3.05, 3.63) is 109 Å². The lowest BCUT2D eigenvalue weighted by Gasteiger charge is -2.15. The Labute approximate surface area is 188 Å². The third-order valence-corrected chi connectivity index (χ3v) is 5.43. The Hall–Kier alpha value is -3.85. The van der Waals surface area contributed by atoms with E-state index in [2.05, 4.69) is 10.1 Å². The number of hydrogen-bond donors (Lipinski definition) is 1. The molecule has 0 bridgehead atoms. The Morgan fingerprint density at radius 3 is 2.64 bits per heavy atom. The van der Waals surface area contributed by atoms with Gasteiger partial charge in [-0.3, -0.25) is 4.57 Å². The lowest BCUT2D eigenvalue weighted by atomic mass is 10.1. The van der Waals surface area contributed by atoms with Crippen molar-refractivity contribution in [1.29, 1.82) is 0 Å². The first-order valence-electron chi connectivity index (χ1n) is 10.5. The molecule has 1 aliphatic heterocycles. The lowest BCUT2D eigenvalue weighted by Crippen LogP contribution is -2.40. The van der Waals surface area contributed by atoms with Gasteiger partial charge in [-0.25, -0.2) is 9.59 Å². The van der Waals surface area contributed by atoms with E-state index >= 15 is 0 Å². The van der Waals surface area contributed by atoms with E-state index in [1.165, 1.54) is 10.8 Å². The number of nitrogens with zero attached hydrogens (tertiary/aromatic N) is 5. The van der Waals surface area contributed by atoms with Crippen LogP contribution in [0.1, 0.15) is 35.8 Å². The Kier molecular flexibility index (Phi) is 6.89. The Balaban J connectivity index is 1.61. The molecule has 0 amide bonds. The molecule has 1 aromatic heterocycles. The van der Waals surface area contributed by atoms with Crippen LogP contribution in [0.5, 0.6) is 5.75 Å². The van der Waals surface area contributed by atoms with Crippen molar-refractivity contribution in [2.45, 2.75) is 38.2 Å². The molecule has 170 valence electrons. The van der Waals surface area contributed by atoms with Gasteiger partial charge < -0.3 is 14.6 Å². The second-order valence-electron chi connectivity index (χ2n) is 7.71. The average Bonchev–Trinajstić information content (AvgIpc) is 3.32. The van der Waals surface area contributed by atoms with Crippen LogP contribution < -0.4 is 16.0 Å². The molecule has 0 saturated carbocycles. The van der Waals surface area contributed by atoms with Crippen molar-refractivity contribution in [2.75, 3.05) is 6.61 Å². The van der Waals surface area contributed by atoms with Crippen LogP contribution in [0.15, 0.2) is 75.6 Å². The molecule has 2 heterocycles. The van der Waals surface area contributed by atoms with E-state index in [1.807, 2.05) is 54.6 Å². The summed E-state index contributed by atoms with van der Waals surface area (Å²) >= 11 is 0. The summed E-state index contributed by atoms with van der Waals surface area (Å²) in [5.74, 6) is 0.643. The summed E-state index contributed by atoms with van der Waals surface area (Å²) in [4.78, 5) is 28.2. The van der Waals surface area contributed by atoms with Gasteiger partial charge in [0.05, 0.1) is 18.3 Å². The van der Waals surface area contributed by atoms with Gasteiger partial charge in [-0.1, -0.05) is 47.1 Å². The van der Waals surface area contributed by atoms with Crippen LogP contribution in [0, 0.1) is 0 Å². The third kappa shape index (κ3) is 5.15. The van der Waals surface area contributed by atoms with Gasteiger partial charge in [0.1, 0.15) is 18.6 Å². The van der Waals surface area contributed by atoms with Gasteiger partial charge in [0.25, 0.3) is 0 Å². The van der Waals surface area contributed by atoms with E-state index < -0.39 is 17.5 Å². The van der Waals surface area contributed by atoms with Crippen LogP contribution in [-0.4, -0.2) is 27.1 Å². The van der Waals surface area contributed by atoms with E-state index in [0.29, 0.717) is 29.9 Å². The highest BCUT2D eigenvalue weighted by Crippen LogP contribution is 2.27. The zero-order valence-electron chi connectivity index (χ0n) is 17.8. The molecule has 0 spiro atoms. The molecular weight excluding hydrogens is 426 g/mol. The molecular formula is C23H23N5O5. The molecule has 0 aliphatic carbocycles. The summed E-state index contributed by atoms with van der Waals surface area (Å²) in [6, 6.07) is 17.1. The van der Waals surface area contributed by atoms with Crippen LogP contribution >= 0.6 is 0 Å². The Bertz CT molecular complexity index is 1280. The van der Waals surface area contributed by atoms with Crippen LogP contribution in [0.3, 0.4) is 0 Å². The van der Waals surface area contributed by atoms with Gasteiger partial charge in [-0.15, -0.1) is 5.53 Å². The van der Waals surface area contributed by atoms with E-state index in [-0.39, 0.29) is 24.7 Å². The Morgan fingerprint density at radius 1 is 1.12 bits per heavy atom. The summed E-state index contributed by atoms with van der Waals surface area (Å²) in [5, 5.41) is 12.6. The van der Waals surface area contributed by atoms with Crippen molar-refractivity contribution in [1.82, 2.24) is 9.24 Å². The third-order valence-electron chi connectivity index (χ3n) is 5.43. The van der Waals surface area contributed by atoms with Crippen molar-refractivity contribution < 1.29 is 14.6 Å². The summed E-state index contributed by atoms with van der Waals surface area (Å²) < 4.78 is 13.3. The standard InChI is InChI=1S/C23H23N5O5/c24-25-26-28-22(30)18(13-27(23(28)31)21-10-9-20(14-29)33-21)11-17-7-4-8-19(12-17)32-15-16-5-2-1-3-6-16/h1-8,12-13,20-21,29H,9-11,14-15H2/t20-,21+/m0/s1. The zero-order chi connectivity index (χ0) is 23.2. The second-order valence-corrected chi connectivity index (χ2v) is 7.71. The maximum absolute atomic E-state index is 12.8. The molecule has 0 radical (unpaired) electrons. The molecule has 1 fully saturated rings. The number of aliphatic hydroxyl groups is 1. The number of azide groups is 1. The fourth-order valence-corrected chi connectivity index (χ4v) is 3.79. The molecule has 2 atom stereocenters. The molecule has 3 aromatic rings. The molecule has 1 N–H and O–H groups in total. The first-order chi connectivity index (χ1) is 16.1. The van der Waals surface area contributed by atoms with Gasteiger partial charge in [0, 0.05) is 12.6 Å². The Morgan fingerprint density at radius 2 is 1.91 bits per heavy atom.